The Labute approximate surface area is 122 Å². The van der Waals surface area contributed by atoms with Crippen LogP contribution < -0.4 is 4.57 Å². The summed E-state index contributed by atoms with van der Waals surface area (Å²) in [4.78, 5) is 0. The van der Waals surface area contributed by atoms with Crippen LogP contribution in [0, 0.1) is 20.8 Å². The maximum atomic E-state index is 2.44. The molecule has 0 atom stereocenters. The number of aryl methyl sites for hydroxylation is 6. The van der Waals surface area contributed by atoms with Gasteiger partial charge in [-0.3, -0.25) is 0 Å². The molecule has 0 unspecified atom stereocenters. The van der Waals surface area contributed by atoms with Gasteiger partial charge < -0.3 is 0 Å². The van der Waals surface area contributed by atoms with E-state index >= 15 is 0 Å². The van der Waals surface area contributed by atoms with Crippen molar-refractivity contribution in [2.24, 2.45) is 7.05 Å². The summed E-state index contributed by atoms with van der Waals surface area (Å²) in [6.45, 7) is 6.63. The summed E-state index contributed by atoms with van der Waals surface area (Å²) >= 11 is 0. The van der Waals surface area contributed by atoms with E-state index in [1.165, 1.54) is 53.6 Å². The van der Waals surface area contributed by atoms with E-state index in [-0.39, 0.29) is 0 Å². The lowest BCUT2D eigenvalue weighted by Gasteiger charge is -2.18. The van der Waals surface area contributed by atoms with Gasteiger partial charge in [0.15, 0.2) is 6.20 Å². The number of hydrogen-bond donors (Lipinski definition) is 0. The fourth-order valence-corrected chi connectivity index (χ4v) is 3.34. The number of fused-ring (bicyclic) bond motifs is 1. The molecule has 0 fully saturated rings. The largest absolute Gasteiger partial charge is 0.212 e. The molecule has 0 saturated carbocycles. The summed E-state index contributed by atoms with van der Waals surface area (Å²) < 4.78 is 2.26. The van der Waals surface area contributed by atoms with Crippen LogP contribution >= 0.6 is 0 Å². The van der Waals surface area contributed by atoms with Crippen LogP contribution in [-0.4, -0.2) is 0 Å². The SMILES string of the molecule is Cc1cc(-c2cc3c(cc2C)CCCC3)[n+](C)cc1C. The second kappa shape index (κ2) is 5.05. The first-order valence-corrected chi connectivity index (χ1v) is 7.66. The molecule has 0 amide bonds. The minimum Gasteiger partial charge on any atom is -0.201 e. The molecule has 1 aliphatic rings. The molecule has 1 aromatic heterocycles. The maximum absolute atomic E-state index is 2.44. The Morgan fingerprint density at radius 2 is 1.45 bits per heavy atom. The van der Waals surface area contributed by atoms with Gasteiger partial charge in [0.25, 0.3) is 0 Å². The Hall–Kier alpha value is -1.63. The van der Waals surface area contributed by atoms with Crippen molar-refractivity contribution in [2.45, 2.75) is 46.5 Å². The number of benzene rings is 1. The quantitative estimate of drug-likeness (QED) is 0.687. The van der Waals surface area contributed by atoms with Crippen LogP contribution in [0.25, 0.3) is 11.3 Å². The van der Waals surface area contributed by atoms with E-state index in [1.807, 2.05) is 0 Å². The summed E-state index contributed by atoms with van der Waals surface area (Å²) in [6, 6.07) is 7.18. The number of rotatable bonds is 1. The van der Waals surface area contributed by atoms with Crippen LogP contribution in [-0.2, 0) is 19.9 Å². The second-order valence-corrected chi connectivity index (χ2v) is 6.28. The predicted molar refractivity (Wildman–Crippen MR) is 83.9 cm³/mol. The third-order valence-electron chi connectivity index (χ3n) is 4.71. The topological polar surface area (TPSA) is 3.88 Å². The lowest BCUT2D eigenvalue weighted by molar-refractivity contribution is -0.660. The van der Waals surface area contributed by atoms with Crippen molar-refractivity contribution in [1.29, 1.82) is 0 Å². The zero-order valence-corrected chi connectivity index (χ0v) is 13.1. The highest BCUT2D eigenvalue weighted by Gasteiger charge is 2.18. The molecule has 0 aliphatic heterocycles. The molecule has 1 aliphatic carbocycles. The normalized spacial score (nSPS) is 14.2. The Morgan fingerprint density at radius 3 is 2.15 bits per heavy atom. The lowest BCUT2D eigenvalue weighted by Crippen LogP contribution is -2.31. The monoisotopic (exact) mass is 266 g/mol. The molecule has 2 aromatic rings. The van der Waals surface area contributed by atoms with E-state index in [0.717, 1.165) is 0 Å². The minimum atomic E-state index is 1.25. The Kier molecular flexibility index (Phi) is 3.37. The molecule has 0 bridgehead atoms. The van der Waals surface area contributed by atoms with Gasteiger partial charge >= 0.3 is 0 Å². The molecule has 1 heteroatoms. The lowest BCUT2D eigenvalue weighted by atomic mass is 9.87. The van der Waals surface area contributed by atoms with E-state index < -0.39 is 0 Å². The molecule has 0 saturated heterocycles. The first kappa shape index (κ1) is 13.4. The fraction of sp³-hybridized carbons (Fsp3) is 0.421. The van der Waals surface area contributed by atoms with Crippen LogP contribution in [0.5, 0.6) is 0 Å². The van der Waals surface area contributed by atoms with Crippen LogP contribution in [0.4, 0.5) is 0 Å². The van der Waals surface area contributed by atoms with Crippen LogP contribution in [0.1, 0.15) is 40.7 Å². The molecule has 0 radical (unpaired) electrons. The van der Waals surface area contributed by atoms with Gasteiger partial charge in [-0.15, -0.1) is 0 Å². The third-order valence-corrected chi connectivity index (χ3v) is 4.71. The third kappa shape index (κ3) is 2.26. The van der Waals surface area contributed by atoms with Gasteiger partial charge in [-0.05, 0) is 74.8 Å². The molecule has 1 heterocycles. The summed E-state index contributed by atoms with van der Waals surface area (Å²) in [5.41, 5.74) is 10.0. The number of pyridine rings is 1. The average molecular weight is 266 g/mol. The summed E-state index contributed by atoms with van der Waals surface area (Å²) in [5.74, 6) is 0. The first-order chi connectivity index (χ1) is 9.56. The van der Waals surface area contributed by atoms with Crippen molar-refractivity contribution in [2.75, 3.05) is 0 Å². The van der Waals surface area contributed by atoms with Crippen molar-refractivity contribution in [3.8, 4) is 11.3 Å². The molecule has 1 nitrogen and oxygen atoms in total. The summed E-state index contributed by atoms with van der Waals surface area (Å²) in [6.07, 6.45) is 7.44. The van der Waals surface area contributed by atoms with Gasteiger partial charge in [0.1, 0.15) is 7.05 Å². The number of hydrogen-bond acceptors (Lipinski definition) is 0. The van der Waals surface area contributed by atoms with Gasteiger partial charge in [0.2, 0.25) is 5.69 Å². The highest BCUT2D eigenvalue weighted by Crippen LogP contribution is 2.29. The van der Waals surface area contributed by atoms with Crippen molar-refractivity contribution in [3.05, 3.63) is 52.2 Å². The fourth-order valence-electron chi connectivity index (χ4n) is 3.34. The molecular formula is C19H24N+. The van der Waals surface area contributed by atoms with E-state index in [9.17, 15) is 0 Å². The standard InChI is InChI=1S/C19H24N/c1-13-10-19(20(4)12-15(13)3)18-11-17-8-6-5-7-16(17)9-14(18)2/h9-12H,5-8H2,1-4H3/q+1. The smallest absolute Gasteiger partial charge is 0.201 e. The number of aromatic nitrogens is 1. The number of nitrogens with zero attached hydrogens (tertiary/aromatic N) is 1. The van der Waals surface area contributed by atoms with E-state index in [4.69, 9.17) is 0 Å². The van der Waals surface area contributed by atoms with Crippen molar-refractivity contribution >= 4 is 0 Å². The van der Waals surface area contributed by atoms with Gasteiger partial charge in [0, 0.05) is 17.2 Å². The average Bonchev–Trinajstić information content (AvgIpc) is 2.42. The highest BCUT2D eigenvalue weighted by atomic mass is 14.9. The van der Waals surface area contributed by atoms with E-state index in [2.05, 4.69) is 56.8 Å². The molecule has 104 valence electrons. The van der Waals surface area contributed by atoms with E-state index in [1.54, 1.807) is 11.1 Å². The second-order valence-electron chi connectivity index (χ2n) is 6.28. The highest BCUT2D eigenvalue weighted by molar-refractivity contribution is 5.64. The maximum Gasteiger partial charge on any atom is 0.212 e. The van der Waals surface area contributed by atoms with Crippen LogP contribution in [0.2, 0.25) is 0 Å². The molecule has 0 N–H and O–H groups in total. The van der Waals surface area contributed by atoms with Gasteiger partial charge in [-0.2, -0.15) is 0 Å². The van der Waals surface area contributed by atoms with Gasteiger partial charge in [-0.1, -0.05) is 6.07 Å². The summed E-state index contributed by atoms with van der Waals surface area (Å²) in [7, 11) is 2.15. The molecule has 0 spiro atoms. The zero-order chi connectivity index (χ0) is 14.3. The van der Waals surface area contributed by atoms with Crippen LogP contribution in [0.3, 0.4) is 0 Å². The molecule has 20 heavy (non-hydrogen) atoms. The molecular weight excluding hydrogens is 242 g/mol. The summed E-state index contributed by atoms with van der Waals surface area (Å²) in [5, 5.41) is 0. The predicted octanol–water partition coefficient (Wildman–Crippen LogP) is 3.98. The Morgan fingerprint density at radius 1 is 0.800 bits per heavy atom. The molecule has 1 aromatic carbocycles. The molecule has 3 rings (SSSR count). The Bertz CT molecular complexity index is 668. The zero-order valence-electron chi connectivity index (χ0n) is 13.1. The van der Waals surface area contributed by atoms with Crippen molar-refractivity contribution < 1.29 is 4.57 Å². The van der Waals surface area contributed by atoms with Crippen molar-refractivity contribution in [3.63, 3.8) is 0 Å². The Balaban J connectivity index is 2.17. The van der Waals surface area contributed by atoms with Crippen molar-refractivity contribution in [1.82, 2.24) is 0 Å². The van der Waals surface area contributed by atoms with E-state index in [0.29, 0.717) is 0 Å². The van der Waals surface area contributed by atoms with Gasteiger partial charge in [-0.25, -0.2) is 4.57 Å². The first-order valence-electron chi connectivity index (χ1n) is 7.66. The minimum absolute atomic E-state index is 1.25. The van der Waals surface area contributed by atoms with Gasteiger partial charge in [0.05, 0.1) is 0 Å². The van der Waals surface area contributed by atoms with Crippen LogP contribution in [0.15, 0.2) is 24.4 Å².